The van der Waals surface area contributed by atoms with Crippen molar-refractivity contribution in [2.45, 2.75) is 0 Å². The van der Waals surface area contributed by atoms with Crippen LogP contribution in [0.3, 0.4) is 0 Å². The van der Waals surface area contributed by atoms with E-state index in [1.54, 1.807) is 0 Å². The van der Waals surface area contributed by atoms with E-state index in [9.17, 15) is 0 Å². The molecular formula is C32H22O. The first-order chi connectivity index (χ1) is 16.3. The average molecular weight is 423 g/mol. The van der Waals surface area contributed by atoms with Gasteiger partial charge in [0, 0.05) is 0 Å². The third kappa shape index (κ3) is 3.75. The van der Waals surface area contributed by atoms with Gasteiger partial charge in [-0.05, 0) is 68.1 Å². The van der Waals surface area contributed by atoms with E-state index in [0.29, 0.717) is 0 Å². The van der Waals surface area contributed by atoms with Gasteiger partial charge in [-0.2, -0.15) is 0 Å². The quantitative estimate of drug-likeness (QED) is 0.275. The Kier molecular flexibility index (Phi) is 4.86. The fourth-order valence-corrected chi connectivity index (χ4v) is 4.50. The third-order valence-corrected chi connectivity index (χ3v) is 6.15. The van der Waals surface area contributed by atoms with E-state index in [4.69, 9.17) is 4.74 Å². The highest BCUT2D eigenvalue weighted by Gasteiger charge is 2.06. The SMILES string of the molecule is c1ccc2c(-c3ccc(Oc4ccc(-c5cccc6ccccc56)cc4)cc3)cccc2c1. The van der Waals surface area contributed by atoms with E-state index in [-0.39, 0.29) is 0 Å². The van der Waals surface area contributed by atoms with Crippen molar-refractivity contribution in [2.24, 2.45) is 0 Å². The molecule has 0 aliphatic heterocycles. The smallest absolute Gasteiger partial charge is 0.127 e. The number of fused-ring (bicyclic) bond motifs is 2. The number of benzene rings is 6. The second-order valence-electron chi connectivity index (χ2n) is 8.20. The molecule has 0 N–H and O–H groups in total. The normalized spacial score (nSPS) is 11.0. The average Bonchev–Trinajstić information content (AvgIpc) is 2.89. The molecule has 0 aliphatic carbocycles. The van der Waals surface area contributed by atoms with Crippen molar-refractivity contribution in [1.29, 1.82) is 0 Å². The van der Waals surface area contributed by atoms with Crippen molar-refractivity contribution in [2.75, 3.05) is 0 Å². The van der Waals surface area contributed by atoms with Crippen LogP contribution in [0.4, 0.5) is 0 Å². The zero-order chi connectivity index (χ0) is 22.0. The van der Waals surface area contributed by atoms with Gasteiger partial charge in [0.15, 0.2) is 0 Å². The summed E-state index contributed by atoms with van der Waals surface area (Å²) in [6, 6.07) is 46.5. The summed E-state index contributed by atoms with van der Waals surface area (Å²) < 4.78 is 6.14. The van der Waals surface area contributed by atoms with E-state index in [1.807, 2.05) is 24.3 Å². The van der Waals surface area contributed by atoms with Crippen LogP contribution < -0.4 is 4.74 Å². The van der Waals surface area contributed by atoms with Crippen molar-refractivity contribution < 1.29 is 4.74 Å². The Morgan fingerprint density at radius 2 is 0.727 bits per heavy atom. The Bertz CT molecular complexity index is 1430. The maximum absolute atomic E-state index is 6.14. The first-order valence-electron chi connectivity index (χ1n) is 11.2. The van der Waals surface area contributed by atoms with Crippen LogP contribution >= 0.6 is 0 Å². The second kappa shape index (κ2) is 8.29. The van der Waals surface area contributed by atoms with Gasteiger partial charge in [-0.1, -0.05) is 109 Å². The fraction of sp³-hybridized carbons (Fsp3) is 0. The standard InChI is InChI=1S/C32H22O/c1-3-11-29-23(7-1)9-5-13-31(29)25-15-19-27(20-16-25)33-28-21-17-26(18-22-28)32-14-6-10-24-8-2-4-12-30(24)32/h1-22H. The molecule has 0 radical (unpaired) electrons. The predicted molar refractivity (Wildman–Crippen MR) is 139 cm³/mol. The minimum atomic E-state index is 0.830. The Morgan fingerprint density at radius 1 is 0.333 bits per heavy atom. The Labute approximate surface area is 193 Å². The lowest BCUT2D eigenvalue weighted by atomic mass is 9.98. The topological polar surface area (TPSA) is 9.23 Å². The van der Waals surface area contributed by atoms with E-state index in [0.717, 1.165) is 11.5 Å². The summed E-state index contributed by atoms with van der Waals surface area (Å²) in [6.07, 6.45) is 0. The minimum Gasteiger partial charge on any atom is -0.457 e. The summed E-state index contributed by atoms with van der Waals surface area (Å²) in [6.45, 7) is 0. The highest BCUT2D eigenvalue weighted by atomic mass is 16.5. The Hall–Kier alpha value is -4.36. The van der Waals surface area contributed by atoms with Crippen molar-refractivity contribution in [1.82, 2.24) is 0 Å². The maximum atomic E-state index is 6.14. The van der Waals surface area contributed by atoms with E-state index < -0.39 is 0 Å². The summed E-state index contributed by atoms with van der Waals surface area (Å²) in [5, 5.41) is 5.03. The molecule has 0 amide bonds. The molecule has 0 aromatic heterocycles. The summed E-state index contributed by atoms with van der Waals surface area (Å²) in [7, 11) is 0. The van der Waals surface area contributed by atoms with Crippen LogP contribution in [-0.4, -0.2) is 0 Å². The van der Waals surface area contributed by atoms with Gasteiger partial charge in [0.05, 0.1) is 0 Å². The molecule has 0 aliphatic rings. The molecule has 0 unspecified atom stereocenters. The molecule has 6 rings (SSSR count). The lowest BCUT2D eigenvalue weighted by Gasteiger charge is -2.10. The van der Waals surface area contributed by atoms with Crippen molar-refractivity contribution in [3.05, 3.63) is 133 Å². The second-order valence-corrected chi connectivity index (χ2v) is 8.20. The monoisotopic (exact) mass is 422 g/mol. The van der Waals surface area contributed by atoms with Gasteiger partial charge in [-0.25, -0.2) is 0 Å². The highest BCUT2D eigenvalue weighted by molar-refractivity contribution is 5.97. The van der Waals surface area contributed by atoms with E-state index in [1.165, 1.54) is 43.8 Å². The Balaban J connectivity index is 1.25. The molecule has 1 nitrogen and oxygen atoms in total. The van der Waals surface area contributed by atoms with E-state index >= 15 is 0 Å². The van der Waals surface area contributed by atoms with Crippen LogP contribution in [0.2, 0.25) is 0 Å². The molecule has 1 heteroatoms. The molecule has 33 heavy (non-hydrogen) atoms. The van der Waals surface area contributed by atoms with Crippen LogP contribution in [-0.2, 0) is 0 Å². The largest absolute Gasteiger partial charge is 0.457 e. The van der Waals surface area contributed by atoms with Crippen LogP contribution in [0.15, 0.2) is 133 Å². The Morgan fingerprint density at radius 3 is 1.18 bits per heavy atom. The first kappa shape index (κ1) is 19.3. The minimum absolute atomic E-state index is 0.830. The fourth-order valence-electron chi connectivity index (χ4n) is 4.50. The van der Waals surface area contributed by atoms with Crippen LogP contribution in [0.5, 0.6) is 11.5 Å². The van der Waals surface area contributed by atoms with Gasteiger partial charge in [-0.15, -0.1) is 0 Å². The molecule has 0 fully saturated rings. The van der Waals surface area contributed by atoms with E-state index in [2.05, 4.69) is 109 Å². The van der Waals surface area contributed by atoms with Crippen molar-refractivity contribution in [3.8, 4) is 33.8 Å². The highest BCUT2D eigenvalue weighted by Crippen LogP contribution is 2.33. The van der Waals surface area contributed by atoms with Gasteiger partial charge in [0.25, 0.3) is 0 Å². The molecule has 0 heterocycles. The number of hydrogen-bond acceptors (Lipinski definition) is 1. The summed E-state index contributed by atoms with van der Waals surface area (Å²) >= 11 is 0. The molecule has 156 valence electrons. The summed E-state index contributed by atoms with van der Waals surface area (Å²) in [5.41, 5.74) is 4.84. The van der Waals surface area contributed by atoms with Gasteiger partial charge >= 0.3 is 0 Å². The first-order valence-corrected chi connectivity index (χ1v) is 11.2. The zero-order valence-electron chi connectivity index (χ0n) is 18.1. The summed E-state index contributed by atoms with van der Waals surface area (Å²) in [4.78, 5) is 0. The molecule has 6 aromatic rings. The zero-order valence-corrected chi connectivity index (χ0v) is 18.1. The molecule has 0 bridgehead atoms. The molecule has 0 atom stereocenters. The summed E-state index contributed by atoms with van der Waals surface area (Å²) in [5.74, 6) is 1.66. The third-order valence-electron chi connectivity index (χ3n) is 6.15. The molecule has 0 saturated carbocycles. The molecule has 0 spiro atoms. The number of rotatable bonds is 4. The maximum Gasteiger partial charge on any atom is 0.127 e. The predicted octanol–water partition coefficient (Wildman–Crippen LogP) is 9.12. The van der Waals surface area contributed by atoms with Gasteiger partial charge in [0.1, 0.15) is 11.5 Å². The van der Waals surface area contributed by atoms with Crippen molar-refractivity contribution >= 4 is 21.5 Å². The van der Waals surface area contributed by atoms with Crippen molar-refractivity contribution in [3.63, 3.8) is 0 Å². The van der Waals surface area contributed by atoms with Crippen LogP contribution in [0.25, 0.3) is 43.8 Å². The van der Waals surface area contributed by atoms with Gasteiger partial charge in [0.2, 0.25) is 0 Å². The molecule has 6 aromatic carbocycles. The van der Waals surface area contributed by atoms with Crippen LogP contribution in [0.1, 0.15) is 0 Å². The number of hydrogen-bond donors (Lipinski definition) is 0. The van der Waals surface area contributed by atoms with Gasteiger partial charge < -0.3 is 4.74 Å². The molecule has 0 saturated heterocycles. The lowest BCUT2D eigenvalue weighted by Crippen LogP contribution is -1.86. The number of ether oxygens (including phenoxy) is 1. The lowest BCUT2D eigenvalue weighted by molar-refractivity contribution is 0.483. The van der Waals surface area contributed by atoms with Crippen LogP contribution in [0, 0.1) is 0 Å². The van der Waals surface area contributed by atoms with Gasteiger partial charge in [-0.3, -0.25) is 0 Å². The molecular weight excluding hydrogens is 400 g/mol.